The Balaban J connectivity index is -0.0000000233. The molecule has 0 radical (unpaired) electrons. The fraction of sp³-hybridized carbons (Fsp3) is 0.857. The molecular weight excluding hydrogens is 116 g/mol. The molecular formula is C7H20O2. The lowest BCUT2D eigenvalue weighted by Gasteiger charge is -1.68. The SMILES string of the molecule is C.C.CCCC.O=CO. The standard InChI is InChI=1S/C4H10.CH2O2.2CH4/c1-3-4-2;2-1-3;;/h3-4H2,1-2H3;1H,(H,2,3);2*1H4. The van der Waals surface area contributed by atoms with Crippen LogP contribution in [0.1, 0.15) is 41.5 Å². The molecule has 0 bridgehead atoms. The third kappa shape index (κ3) is 1010. The number of rotatable bonds is 1. The summed E-state index contributed by atoms with van der Waals surface area (Å²) in [4.78, 5) is 8.36. The molecule has 0 saturated carbocycles. The molecule has 0 aliphatic heterocycles. The molecule has 0 aromatic heterocycles. The molecule has 2 heteroatoms. The van der Waals surface area contributed by atoms with E-state index in [0.29, 0.717) is 0 Å². The predicted molar refractivity (Wildman–Crippen MR) is 42.7 cm³/mol. The summed E-state index contributed by atoms with van der Waals surface area (Å²) in [5.41, 5.74) is 0. The minimum atomic E-state index is -0.250. The molecule has 0 unspecified atom stereocenters. The summed E-state index contributed by atoms with van der Waals surface area (Å²) in [6.07, 6.45) is 2.64. The van der Waals surface area contributed by atoms with Crippen molar-refractivity contribution in [2.75, 3.05) is 0 Å². The Kier molecular flexibility index (Phi) is 135. The second kappa shape index (κ2) is 51.3. The van der Waals surface area contributed by atoms with Crippen molar-refractivity contribution in [1.82, 2.24) is 0 Å². The van der Waals surface area contributed by atoms with Crippen LogP contribution in [0.3, 0.4) is 0 Å². The first kappa shape index (κ1) is 23.7. The van der Waals surface area contributed by atoms with Crippen LogP contribution < -0.4 is 0 Å². The number of carbonyl (C=O) groups is 1. The molecule has 2 nitrogen and oxygen atoms in total. The van der Waals surface area contributed by atoms with Crippen molar-refractivity contribution in [3.63, 3.8) is 0 Å². The predicted octanol–water partition coefficient (Wildman–Crippen LogP) is 2.78. The Bertz CT molecular complexity index is 26.1. The van der Waals surface area contributed by atoms with Crippen molar-refractivity contribution >= 4 is 6.47 Å². The van der Waals surface area contributed by atoms with Gasteiger partial charge < -0.3 is 5.11 Å². The molecule has 1 N–H and O–H groups in total. The number of hydrogen-bond donors (Lipinski definition) is 1. The van der Waals surface area contributed by atoms with Crippen LogP contribution in [0.15, 0.2) is 0 Å². The number of hydrogen-bond acceptors (Lipinski definition) is 1. The maximum atomic E-state index is 8.36. The topological polar surface area (TPSA) is 37.3 Å². The van der Waals surface area contributed by atoms with Crippen LogP contribution in [0.25, 0.3) is 0 Å². The Hall–Kier alpha value is -0.530. The van der Waals surface area contributed by atoms with Gasteiger partial charge in [0.05, 0.1) is 0 Å². The maximum Gasteiger partial charge on any atom is 0.290 e. The molecule has 0 atom stereocenters. The Morgan fingerprint density at radius 2 is 1.33 bits per heavy atom. The molecule has 0 spiro atoms. The fourth-order valence-corrected chi connectivity index (χ4v) is 0. The average molecular weight is 136 g/mol. The van der Waals surface area contributed by atoms with E-state index in [1.165, 1.54) is 12.8 Å². The second-order valence-electron chi connectivity index (χ2n) is 1.11. The molecule has 0 saturated heterocycles. The van der Waals surface area contributed by atoms with E-state index in [1.807, 2.05) is 0 Å². The lowest BCUT2D eigenvalue weighted by Crippen LogP contribution is -1.49. The van der Waals surface area contributed by atoms with Crippen molar-refractivity contribution < 1.29 is 9.90 Å². The normalized spacial score (nSPS) is 4.67. The second-order valence-corrected chi connectivity index (χ2v) is 1.11. The summed E-state index contributed by atoms with van der Waals surface area (Å²) in [5, 5.41) is 6.89. The highest BCUT2D eigenvalue weighted by Crippen LogP contribution is 1.76. The fourth-order valence-electron chi connectivity index (χ4n) is 0. The molecule has 0 amide bonds. The summed E-state index contributed by atoms with van der Waals surface area (Å²) >= 11 is 0. The zero-order valence-electron chi connectivity index (χ0n) is 4.85. The van der Waals surface area contributed by atoms with Crippen molar-refractivity contribution in [3.8, 4) is 0 Å². The van der Waals surface area contributed by atoms with Gasteiger partial charge in [-0.05, 0) is 0 Å². The van der Waals surface area contributed by atoms with Crippen LogP contribution in [0, 0.1) is 0 Å². The van der Waals surface area contributed by atoms with Crippen molar-refractivity contribution in [3.05, 3.63) is 0 Å². The zero-order chi connectivity index (χ0) is 6.12. The van der Waals surface area contributed by atoms with E-state index in [9.17, 15) is 0 Å². The van der Waals surface area contributed by atoms with Gasteiger partial charge in [-0.1, -0.05) is 41.5 Å². The minimum absolute atomic E-state index is 0. The largest absolute Gasteiger partial charge is 0.483 e. The van der Waals surface area contributed by atoms with Crippen LogP contribution in [0.4, 0.5) is 0 Å². The third-order valence-corrected chi connectivity index (χ3v) is 0.500. The van der Waals surface area contributed by atoms with Gasteiger partial charge in [-0.3, -0.25) is 4.79 Å². The van der Waals surface area contributed by atoms with E-state index in [-0.39, 0.29) is 21.3 Å². The van der Waals surface area contributed by atoms with Crippen molar-refractivity contribution in [1.29, 1.82) is 0 Å². The quantitative estimate of drug-likeness (QED) is 0.563. The number of unbranched alkanes of at least 4 members (excludes halogenated alkanes) is 1. The molecule has 0 heterocycles. The Morgan fingerprint density at radius 1 is 1.22 bits per heavy atom. The first-order chi connectivity index (χ1) is 3.33. The molecule has 0 fully saturated rings. The summed E-state index contributed by atoms with van der Waals surface area (Å²) in [6, 6.07) is 0. The van der Waals surface area contributed by atoms with Gasteiger partial charge in [0.15, 0.2) is 0 Å². The first-order valence-corrected chi connectivity index (χ1v) is 2.41. The molecule has 0 aromatic rings. The van der Waals surface area contributed by atoms with E-state index in [0.717, 1.165) is 0 Å². The average Bonchev–Trinajstić information content (AvgIpc) is 1.69. The summed E-state index contributed by atoms with van der Waals surface area (Å²) in [5.74, 6) is 0. The van der Waals surface area contributed by atoms with E-state index in [1.54, 1.807) is 0 Å². The Morgan fingerprint density at radius 3 is 1.33 bits per heavy atom. The summed E-state index contributed by atoms with van der Waals surface area (Å²) in [7, 11) is 0. The van der Waals surface area contributed by atoms with Crippen LogP contribution in [-0.2, 0) is 4.79 Å². The van der Waals surface area contributed by atoms with Gasteiger partial charge in [0.2, 0.25) is 0 Å². The smallest absolute Gasteiger partial charge is 0.290 e. The molecule has 0 aromatic carbocycles. The van der Waals surface area contributed by atoms with Gasteiger partial charge in [-0.25, -0.2) is 0 Å². The molecule has 60 valence electrons. The lowest BCUT2D eigenvalue weighted by molar-refractivity contribution is -0.122. The van der Waals surface area contributed by atoms with Gasteiger partial charge in [-0.2, -0.15) is 0 Å². The van der Waals surface area contributed by atoms with E-state index >= 15 is 0 Å². The monoisotopic (exact) mass is 136 g/mol. The van der Waals surface area contributed by atoms with Gasteiger partial charge in [0.25, 0.3) is 6.47 Å². The number of carboxylic acid groups (broad SMARTS) is 1. The van der Waals surface area contributed by atoms with E-state index < -0.39 is 0 Å². The summed E-state index contributed by atoms with van der Waals surface area (Å²) in [6.45, 7) is 4.11. The highest BCUT2D eigenvalue weighted by Gasteiger charge is 1.56. The van der Waals surface area contributed by atoms with Gasteiger partial charge >= 0.3 is 0 Å². The van der Waals surface area contributed by atoms with E-state index in [2.05, 4.69) is 13.8 Å². The molecule has 0 aliphatic rings. The van der Waals surface area contributed by atoms with Gasteiger partial charge in [0, 0.05) is 0 Å². The lowest BCUT2D eigenvalue weighted by atomic mass is 10.4. The molecule has 0 rings (SSSR count). The van der Waals surface area contributed by atoms with Crippen LogP contribution >= 0.6 is 0 Å². The highest BCUT2D eigenvalue weighted by molar-refractivity contribution is 5.32. The van der Waals surface area contributed by atoms with Crippen LogP contribution in [-0.4, -0.2) is 11.6 Å². The van der Waals surface area contributed by atoms with Crippen molar-refractivity contribution in [2.24, 2.45) is 0 Å². The van der Waals surface area contributed by atoms with Crippen LogP contribution in [0.2, 0.25) is 0 Å². The zero-order valence-corrected chi connectivity index (χ0v) is 4.85. The molecule has 9 heavy (non-hydrogen) atoms. The van der Waals surface area contributed by atoms with Gasteiger partial charge in [-0.15, -0.1) is 0 Å². The molecule has 0 aliphatic carbocycles. The summed E-state index contributed by atoms with van der Waals surface area (Å²) < 4.78 is 0. The Labute approximate surface area is 58.9 Å². The van der Waals surface area contributed by atoms with E-state index in [4.69, 9.17) is 9.90 Å². The maximum absolute atomic E-state index is 8.36. The van der Waals surface area contributed by atoms with Gasteiger partial charge in [0.1, 0.15) is 0 Å². The van der Waals surface area contributed by atoms with Crippen LogP contribution in [0.5, 0.6) is 0 Å². The third-order valence-electron chi connectivity index (χ3n) is 0.500. The first-order valence-electron chi connectivity index (χ1n) is 2.41. The van der Waals surface area contributed by atoms with Crippen molar-refractivity contribution in [2.45, 2.75) is 41.5 Å². The minimum Gasteiger partial charge on any atom is -0.483 e. The highest BCUT2D eigenvalue weighted by atomic mass is 16.3.